The predicted molar refractivity (Wildman–Crippen MR) is 69.3 cm³/mol. The van der Waals surface area contributed by atoms with Gasteiger partial charge < -0.3 is 4.74 Å². The van der Waals surface area contributed by atoms with Crippen molar-refractivity contribution in [2.45, 2.75) is 38.3 Å². The van der Waals surface area contributed by atoms with Crippen LogP contribution in [0.15, 0.2) is 30.3 Å². The van der Waals surface area contributed by atoms with Crippen molar-refractivity contribution in [3.63, 3.8) is 0 Å². The molecule has 0 aromatic heterocycles. The first-order valence-electron chi connectivity index (χ1n) is 6.78. The normalized spacial score (nSPS) is 30.4. The molecule has 0 bridgehead atoms. The van der Waals surface area contributed by atoms with Gasteiger partial charge in [-0.1, -0.05) is 37.3 Å². The van der Waals surface area contributed by atoms with Gasteiger partial charge >= 0.3 is 6.09 Å². The highest BCUT2D eigenvalue weighted by Crippen LogP contribution is 2.41. The SMILES string of the molecule is CC[C@H]1COC(=O)N1[C@H]1C[C@@H]1Cc1ccccc1. The molecule has 3 heteroatoms. The lowest BCUT2D eigenvalue weighted by molar-refractivity contribution is 0.154. The zero-order valence-corrected chi connectivity index (χ0v) is 10.7. The third-order valence-electron chi connectivity index (χ3n) is 4.06. The molecular formula is C15H19NO2. The summed E-state index contributed by atoms with van der Waals surface area (Å²) in [7, 11) is 0. The summed E-state index contributed by atoms with van der Waals surface area (Å²) in [6.45, 7) is 2.69. The van der Waals surface area contributed by atoms with Crippen molar-refractivity contribution in [3.8, 4) is 0 Å². The van der Waals surface area contributed by atoms with E-state index < -0.39 is 0 Å². The molecule has 0 spiro atoms. The molecule has 1 saturated heterocycles. The highest BCUT2D eigenvalue weighted by atomic mass is 16.6. The van der Waals surface area contributed by atoms with Crippen LogP contribution in [-0.2, 0) is 11.2 Å². The molecule has 1 aromatic rings. The van der Waals surface area contributed by atoms with Gasteiger partial charge in [-0.2, -0.15) is 0 Å². The van der Waals surface area contributed by atoms with Crippen LogP contribution in [0, 0.1) is 5.92 Å². The number of nitrogens with zero attached hydrogens (tertiary/aromatic N) is 1. The summed E-state index contributed by atoms with van der Waals surface area (Å²) in [4.78, 5) is 13.7. The summed E-state index contributed by atoms with van der Waals surface area (Å²) < 4.78 is 5.16. The number of rotatable bonds is 4. The molecule has 96 valence electrons. The molecule has 0 radical (unpaired) electrons. The van der Waals surface area contributed by atoms with Gasteiger partial charge in [0, 0.05) is 6.04 Å². The van der Waals surface area contributed by atoms with E-state index >= 15 is 0 Å². The molecule has 1 amide bonds. The first-order valence-corrected chi connectivity index (χ1v) is 6.78. The largest absolute Gasteiger partial charge is 0.447 e. The van der Waals surface area contributed by atoms with Crippen molar-refractivity contribution in [1.29, 1.82) is 0 Å². The second-order valence-corrected chi connectivity index (χ2v) is 5.30. The third kappa shape index (κ3) is 2.09. The molecule has 1 aliphatic heterocycles. The minimum absolute atomic E-state index is 0.109. The highest BCUT2D eigenvalue weighted by Gasteiger charge is 2.49. The maximum absolute atomic E-state index is 11.7. The Morgan fingerprint density at radius 3 is 2.83 bits per heavy atom. The lowest BCUT2D eigenvalue weighted by Crippen LogP contribution is -2.36. The standard InChI is InChI=1S/C15H19NO2/c1-2-13-10-18-15(17)16(13)14-9-12(14)8-11-6-4-3-5-7-11/h3-7,12-14H,2,8-10H2,1H3/t12-,13-,14-/m0/s1. The number of benzene rings is 1. The van der Waals surface area contributed by atoms with E-state index in [-0.39, 0.29) is 6.09 Å². The first-order chi connectivity index (χ1) is 8.79. The van der Waals surface area contributed by atoms with Gasteiger partial charge in [-0.3, -0.25) is 4.90 Å². The lowest BCUT2D eigenvalue weighted by atomic mass is 10.1. The van der Waals surface area contributed by atoms with Gasteiger partial charge in [0.15, 0.2) is 0 Å². The van der Waals surface area contributed by atoms with Crippen LogP contribution in [0.1, 0.15) is 25.3 Å². The molecular weight excluding hydrogens is 226 g/mol. The van der Waals surface area contributed by atoms with Crippen LogP contribution in [0.3, 0.4) is 0 Å². The number of ether oxygens (including phenoxy) is 1. The van der Waals surface area contributed by atoms with Crippen molar-refractivity contribution >= 4 is 6.09 Å². The number of hydrogen-bond donors (Lipinski definition) is 0. The lowest BCUT2D eigenvalue weighted by Gasteiger charge is -2.20. The minimum Gasteiger partial charge on any atom is -0.447 e. The second kappa shape index (κ2) is 4.63. The zero-order valence-electron chi connectivity index (χ0n) is 10.7. The van der Waals surface area contributed by atoms with E-state index in [1.54, 1.807) is 0 Å². The van der Waals surface area contributed by atoms with Gasteiger partial charge in [-0.25, -0.2) is 4.79 Å². The first kappa shape index (κ1) is 11.6. The van der Waals surface area contributed by atoms with E-state index in [9.17, 15) is 4.79 Å². The molecule has 0 N–H and O–H groups in total. The fraction of sp³-hybridized carbons (Fsp3) is 0.533. The molecule has 0 unspecified atom stereocenters. The van der Waals surface area contributed by atoms with Crippen LogP contribution in [0.5, 0.6) is 0 Å². The van der Waals surface area contributed by atoms with Crippen LogP contribution in [0.2, 0.25) is 0 Å². The van der Waals surface area contributed by atoms with E-state index in [1.807, 2.05) is 11.0 Å². The van der Waals surface area contributed by atoms with E-state index in [4.69, 9.17) is 4.74 Å². The summed E-state index contributed by atoms with van der Waals surface area (Å²) >= 11 is 0. The quantitative estimate of drug-likeness (QED) is 0.816. The molecule has 3 atom stereocenters. The van der Waals surface area contributed by atoms with Crippen molar-refractivity contribution in [3.05, 3.63) is 35.9 Å². The van der Waals surface area contributed by atoms with E-state index in [0.717, 1.165) is 19.3 Å². The maximum Gasteiger partial charge on any atom is 0.410 e. The van der Waals surface area contributed by atoms with Gasteiger partial charge in [0.25, 0.3) is 0 Å². The molecule has 3 nitrogen and oxygen atoms in total. The highest BCUT2D eigenvalue weighted by molar-refractivity contribution is 5.71. The molecule has 1 saturated carbocycles. The number of carbonyl (C=O) groups excluding carboxylic acids is 1. The fourth-order valence-electron chi connectivity index (χ4n) is 2.90. The van der Waals surface area contributed by atoms with Crippen molar-refractivity contribution < 1.29 is 9.53 Å². The molecule has 2 fully saturated rings. The third-order valence-corrected chi connectivity index (χ3v) is 4.06. The van der Waals surface area contributed by atoms with Crippen LogP contribution in [0.25, 0.3) is 0 Å². The molecule has 1 aromatic carbocycles. The van der Waals surface area contributed by atoms with Crippen LogP contribution < -0.4 is 0 Å². The van der Waals surface area contributed by atoms with Crippen molar-refractivity contribution in [2.24, 2.45) is 5.92 Å². The maximum atomic E-state index is 11.7. The molecule has 18 heavy (non-hydrogen) atoms. The Labute approximate surface area is 108 Å². The Morgan fingerprint density at radius 2 is 2.11 bits per heavy atom. The number of carbonyl (C=O) groups is 1. The summed E-state index contributed by atoms with van der Waals surface area (Å²) in [6.07, 6.45) is 3.08. The van der Waals surface area contributed by atoms with Crippen molar-refractivity contribution in [1.82, 2.24) is 4.90 Å². The van der Waals surface area contributed by atoms with Gasteiger partial charge in [-0.15, -0.1) is 0 Å². The van der Waals surface area contributed by atoms with Crippen LogP contribution in [0.4, 0.5) is 4.79 Å². The Balaban J connectivity index is 1.62. The Morgan fingerprint density at radius 1 is 1.33 bits per heavy atom. The smallest absolute Gasteiger partial charge is 0.410 e. The average molecular weight is 245 g/mol. The van der Waals surface area contributed by atoms with Crippen molar-refractivity contribution in [2.75, 3.05) is 6.61 Å². The van der Waals surface area contributed by atoms with Crippen LogP contribution in [-0.4, -0.2) is 29.7 Å². The zero-order chi connectivity index (χ0) is 12.5. The Bertz CT molecular complexity index is 431. The summed E-state index contributed by atoms with van der Waals surface area (Å²) in [5.41, 5.74) is 1.37. The fourth-order valence-corrected chi connectivity index (χ4v) is 2.90. The summed E-state index contributed by atoms with van der Waals surface area (Å²) in [6, 6.07) is 11.2. The van der Waals surface area contributed by atoms with E-state index in [1.165, 1.54) is 5.56 Å². The minimum atomic E-state index is -0.109. The predicted octanol–water partition coefficient (Wildman–Crippen LogP) is 2.85. The van der Waals surface area contributed by atoms with Crippen LogP contribution >= 0.6 is 0 Å². The molecule has 1 aliphatic carbocycles. The monoisotopic (exact) mass is 245 g/mol. The Kier molecular flexibility index (Phi) is 2.98. The van der Waals surface area contributed by atoms with Gasteiger partial charge in [0.2, 0.25) is 0 Å². The summed E-state index contributed by atoms with van der Waals surface area (Å²) in [5, 5.41) is 0. The van der Waals surface area contributed by atoms with Gasteiger partial charge in [-0.05, 0) is 30.7 Å². The number of hydrogen-bond acceptors (Lipinski definition) is 2. The average Bonchev–Trinajstić information content (AvgIpc) is 3.03. The van der Waals surface area contributed by atoms with Gasteiger partial charge in [0.05, 0.1) is 6.04 Å². The summed E-state index contributed by atoms with van der Waals surface area (Å²) in [5.74, 6) is 0.618. The number of cyclic esters (lactones) is 1. The molecule has 3 rings (SSSR count). The number of amides is 1. The molecule has 1 heterocycles. The van der Waals surface area contributed by atoms with E-state index in [0.29, 0.717) is 24.6 Å². The Hall–Kier alpha value is -1.51. The molecule has 2 aliphatic rings. The topological polar surface area (TPSA) is 29.5 Å². The van der Waals surface area contributed by atoms with E-state index in [2.05, 4.69) is 31.2 Å². The van der Waals surface area contributed by atoms with Gasteiger partial charge in [0.1, 0.15) is 6.61 Å². The second-order valence-electron chi connectivity index (χ2n) is 5.30.